The Morgan fingerprint density at radius 3 is 2.50 bits per heavy atom. The maximum Gasteiger partial charge on any atom is 0.137 e. The predicted molar refractivity (Wildman–Crippen MR) is 77.0 cm³/mol. The van der Waals surface area contributed by atoms with Crippen molar-refractivity contribution < 1.29 is 9.50 Å². The zero-order valence-corrected chi connectivity index (χ0v) is 12.8. The van der Waals surface area contributed by atoms with Crippen molar-refractivity contribution in [1.29, 1.82) is 0 Å². The fraction of sp³-hybridized carbons (Fsp3) is 0.143. The van der Waals surface area contributed by atoms with Crippen LogP contribution in [0.1, 0.15) is 22.8 Å². The average Bonchev–Trinajstić information content (AvgIpc) is 2.35. The molecule has 0 heterocycles. The summed E-state index contributed by atoms with van der Waals surface area (Å²) in [6.45, 7) is 1.93. The Morgan fingerprint density at radius 2 is 1.83 bits per heavy atom. The minimum atomic E-state index is -0.764. The first-order valence-corrected chi connectivity index (χ1v) is 6.97. The SMILES string of the molecule is Cc1c(Br)cccc1C(O)c1ccc(F)c(Br)c1. The first-order valence-electron chi connectivity index (χ1n) is 5.38. The Morgan fingerprint density at radius 1 is 1.11 bits per heavy atom. The van der Waals surface area contributed by atoms with Crippen LogP contribution in [0, 0.1) is 12.7 Å². The summed E-state index contributed by atoms with van der Waals surface area (Å²) >= 11 is 6.56. The molecule has 4 heteroatoms. The molecule has 0 amide bonds. The van der Waals surface area contributed by atoms with E-state index < -0.39 is 6.10 Å². The molecule has 0 aromatic heterocycles. The van der Waals surface area contributed by atoms with Gasteiger partial charge in [0.1, 0.15) is 11.9 Å². The summed E-state index contributed by atoms with van der Waals surface area (Å²) in [4.78, 5) is 0. The lowest BCUT2D eigenvalue weighted by molar-refractivity contribution is 0.219. The topological polar surface area (TPSA) is 20.2 Å². The van der Waals surface area contributed by atoms with Crippen LogP contribution >= 0.6 is 31.9 Å². The lowest BCUT2D eigenvalue weighted by atomic mass is 9.98. The molecule has 1 N–H and O–H groups in total. The Hall–Kier alpha value is -0.710. The van der Waals surface area contributed by atoms with Gasteiger partial charge in [-0.1, -0.05) is 34.1 Å². The zero-order valence-electron chi connectivity index (χ0n) is 9.62. The van der Waals surface area contributed by atoms with Gasteiger partial charge in [0.25, 0.3) is 0 Å². The van der Waals surface area contributed by atoms with Gasteiger partial charge < -0.3 is 5.11 Å². The van der Waals surface area contributed by atoms with E-state index in [1.165, 1.54) is 6.07 Å². The second kappa shape index (κ2) is 5.51. The molecule has 0 bridgehead atoms. The van der Waals surface area contributed by atoms with Crippen molar-refractivity contribution >= 4 is 31.9 Å². The zero-order chi connectivity index (χ0) is 13.3. The molecule has 18 heavy (non-hydrogen) atoms. The summed E-state index contributed by atoms with van der Waals surface area (Å²) in [5.74, 6) is -0.336. The van der Waals surface area contributed by atoms with Gasteiger partial charge in [0, 0.05) is 4.47 Å². The average molecular weight is 374 g/mol. The standard InChI is InChI=1S/C14H11Br2FO/c1-8-10(3-2-4-11(8)15)14(18)9-5-6-13(17)12(16)7-9/h2-7,14,18H,1H3. The van der Waals surface area contributed by atoms with E-state index in [1.807, 2.05) is 25.1 Å². The molecule has 2 rings (SSSR count). The molecule has 0 aliphatic heterocycles. The summed E-state index contributed by atoms with van der Waals surface area (Å²) in [6, 6.07) is 10.2. The van der Waals surface area contributed by atoms with E-state index in [0.29, 0.717) is 10.0 Å². The summed E-state index contributed by atoms with van der Waals surface area (Å²) in [5, 5.41) is 10.3. The van der Waals surface area contributed by atoms with Gasteiger partial charge in [-0.25, -0.2) is 4.39 Å². The molecular weight excluding hydrogens is 363 g/mol. The first-order chi connectivity index (χ1) is 8.50. The van der Waals surface area contributed by atoms with Crippen molar-refractivity contribution in [1.82, 2.24) is 0 Å². The second-order valence-electron chi connectivity index (χ2n) is 4.03. The molecule has 1 atom stereocenters. The summed E-state index contributed by atoms with van der Waals surface area (Å²) in [5.41, 5.74) is 2.44. The van der Waals surface area contributed by atoms with Crippen molar-refractivity contribution in [3.8, 4) is 0 Å². The van der Waals surface area contributed by atoms with Gasteiger partial charge in [0.05, 0.1) is 4.47 Å². The van der Waals surface area contributed by atoms with Crippen molar-refractivity contribution in [3.63, 3.8) is 0 Å². The summed E-state index contributed by atoms with van der Waals surface area (Å²) in [7, 11) is 0. The molecule has 0 saturated heterocycles. The molecule has 2 aromatic rings. The Kier molecular flexibility index (Phi) is 4.20. The molecule has 1 nitrogen and oxygen atoms in total. The minimum Gasteiger partial charge on any atom is -0.384 e. The van der Waals surface area contributed by atoms with Crippen LogP contribution in [0.5, 0.6) is 0 Å². The smallest absolute Gasteiger partial charge is 0.137 e. The van der Waals surface area contributed by atoms with Gasteiger partial charge in [0.2, 0.25) is 0 Å². The van der Waals surface area contributed by atoms with Crippen LogP contribution < -0.4 is 0 Å². The Balaban J connectivity index is 2.44. The van der Waals surface area contributed by atoms with Crippen LogP contribution in [0.2, 0.25) is 0 Å². The molecule has 0 aliphatic rings. The normalized spacial score (nSPS) is 12.5. The molecule has 0 spiro atoms. The van der Waals surface area contributed by atoms with Crippen LogP contribution in [0.25, 0.3) is 0 Å². The molecule has 0 saturated carbocycles. The van der Waals surface area contributed by atoms with Gasteiger partial charge in [-0.15, -0.1) is 0 Å². The number of rotatable bonds is 2. The fourth-order valence-corrected chi connectivity index (χ4v) is 2.56. The number of hydrogen-bond donors (Lipinski definition) is 1. The highest BCUT2D eigenvalue weighted by Crippen LogP contribution is 2.30. The van der Waals surface area contributed by atoms with Crippen molar-refractivity contribution in [3.05, 3.63) is 67.9 Å². The van der Waals surface area contributed by atoms with Crippen LogP contribution in [0.15, 0.2) is 45.3 Å². The monoisotopic (exact) mass is 372 g/mol. The van der Waals surface area contributed by atoms with Gasteiger partial charge in [-0.2, -0.15) is 0 Å². The van der Waals surface area contributed by atoms with Crippen molar-refractivity contribution in [2.24, 2.45) is 0 Å². The largest absolute Gasteiger partial charge is 0.384 e. The van der Waals surface area contributed by atoms with Crippen LogP contribution in [-0.2, 0) is 0 Å². The Labute approximate surface area is 122 Å². The molecular formula is C14H11Br2FO. The van der Waals surface area contributed by atoms with E-state index in [9.17, 15) is 9.50 Å². The third-order valence-corrected chi connectivity index (χ3v) is 4.33. The summed E-state index contributed by atoms with van der Waals surface area (Å²) in [6.07, 6.45) is -0.764. The number of benzene rings is 2. The molecule has 1 unspecified atom stereocenters. The maximum atomic E-state index is 13.2. The van der Waals surface area contributed by atoms with Gasteiger partial charge in [-0.3, -0.25) is 0 Å². The van der Waals surface area contributed by atoms with Gasteiger partial charge >= 0.3 is 0 Å². The molecule has 94 valence electrons. The van der Waals surface area contributed by atoms with E-state index in [1.54, 1.807) is 12.1 Å². The quantitative estimate of drug-likeness (QED) is 0.805. The molecule has 0 fully saturated rings. The van der Waals surface area contributed by atoms with E-state index in [0.717, 1.165) is 15.6 Å². The van der Waals surface area contributed by atoms with E-state index in [4.69, 9.17) is 0 Å². The minimum absolute atomic E-state index is 0.336. The molecule has 0 aliphatic carbocycles. The maximum absolute atomic E-state index is 13.2. The van der Waals surface area contributed by atoms with Crippen LogP contribution in [0.4, 0.5) is 4.39 Å². The molecule has 0 radical (unpaired) electrons. The van der Waals surface area contributed by atoms with Gasteiger partial charge in [0.15, 0.2) is 0 Å². The Bertz CT molecular complexity index is 584. The van der Waals surface area contributed by atoms with Crippen molar-refractivity contribution in [2.75, 3.05) is 0 Å². The van der Waals surface area contributed by atoms with Crippen LogP contribution in [0.3, 0.4) is 0 Å². The lowest BCUT2D eigenvalue weighted by Crippen LogP contribution is -2.02. The first kappa shape index (κ1) is 13.7. The van der Waals surface area contributed by atoms with E-state index in [-0.39, 0.29) is 5.82 Å². The predicted octanol–water partition coefficient (Wildman–Crippen LogP) is 4.74. The lowest BCUT2D eigenvalue weighted by Gasteiger charge is -2.15. The second-order valence-corrected chi connectivity index (χ2v) is 5.74. The summed E-state index contributed by atoms with van der Waals surface area (Å²) < 4.78 is 14.5. The van der Waals surface area contributed by atoms with E-state index >= 15 is 0 Å². The molecule has 2 aromatic carbocycles. The van der Waals surface area contributed by atoms with Gasteiger partial charge in [-0.05, 0) is 57.7 Å². The van der Waals surface area contributed by atoms with Crippen molar-refractivity contribution in [2.45, 2.75) is 13.0 Å². The number of aliphatic hydroxyl groups is 1. The third kappa shape index (κ3) is 2.66. The number of hydrogen-bond acceptors (Lipinski definition) is 1. The fourth-order valence-electron chi connectivity index (χ4n) is 1.78. The number of halogens is 3. The van der Waals surface area contributed by atoms with E-state index in [2.05, 4.69) is 31.9 Å². The highest BCUT2D eigenvalue weighted by Gasteiger charge is 2.15. The highest BCUT2D eigenvalue weighted by molar-refractivity contribution is 9.10. The third-order valence-electron chi connectivity index (χ3n) is 2.86. The van der Waals surface area contributed by atoms with Crippen LogP contribution in [-0.4, -0.2) is 5.11 Å². The number of aliphatic hydroxyl groups excluding tert-OH is 1. The highest BCUT2D eigenvalue weighted by atomic mass is 79.9.